The third kappa shape index (κ3) is 1.99. The number of fused-ring (bicyclic) bond motifs is 1. The van der Waals surface area contributed by atoms with Crippen LogP contribution in [0.4, 0.5) is 0 Å². The molecule has 0 aliphatic rings. The van der Waals surface area contributed by atoms with Crippen molar-refractivity contribution in [1.82, 2.24) is 4.98 Å². The van der Waals surface area contributed by atoms with Crippen molar-refractivity contribution in [2.24, 2.45) is 5.16 Å². The number of hydrogen-bond acceptors (Lipinski definition) is 4. The zero-order valence-corrected chi connectivity index (χ0v) is 9.30. The number of esters is 1. The van der Waals surface area contributed by atoms with Gasteiger partial charge in [-0.1, -0.05) is 23.4 Å². The van der Waals surface area contributed by atoms with E-state index >= 15 is 0 Å². The van der Waals surface area contributed by atoms with Crippen molar-refractivity contribution in [1.29, 1.82) is 0 Å². The molecule has 0 aliphatic carbocycles. The molecule has 0 unspecified atom stereocenters. The van der Waals surface area contributed by atoms with Crippen molar-refractivity contribution >= 4 is 22.6 Å². The van der Waals surface area contributed by atoms with E-state index in [0.29, 0.717) is 5.56 Å². The molecule has 1 aromatic carbocycles. The van der Waals surface area contributed by atoms with Crippen LogP contribution < -0.4 is 0 Å². The fourth-order valence-corrected chi connectivity index (χ4v) is 1.67. The summed E-state index contributed by atoms with van der Waals surface area (Å²) in [5.74, 6) is -0.639. The smallest absolute Gasteiger partial charge is 0.361 e. The van der Waals surface area contributed by atoms with Crippen molar-refractivity contribution < 1.29 is 14.7 Å². The number of hydrogen-bond donors (Lipinski definition) is 2. The highest BCUT2D eigenvalue weighted by molar-refractivity contribution is 6.45. The maximum atomic E-state index is 11.6. The Bertz CT molecular complexity index is 572. The number of benzene rings is 1. The van der Waals surface area contributed by atoms with E-state index in [9.17, 15) is 4.79 Å². The maximum Gasteiger partial charge on any atom is 0.361 e. The van der Waals surface area contributed by atoms with Crippen LogP contribution in [0.5, 0.6) is 0 Å². The van der Waals surface area contributed by atoms with E-state index in [1.165, 1.54) is 0 Å². The van der Waals surface area contributed by atoms with Gasteiger partial charge in [0.25, 0.3) is 0 Å². The summed E-state index contributed by atoms with van der Waals surface area (Å²) in [6, 6.07) is 7.44. The summed E-state index contributed by atoms with van der Waals surface area (Å²) in [6.45, 7) is 1.93. The van der Waals surface area contributed by atoms with Gasteiger partial charge in [-0.2, -0.15) is 0 Å². The summed E-state index contributed by atoms with van der Waals surface area (Å²) in [5.41, 5.74) is 1.30. The molecule has 0 fully saturated rings. The largest absolute Gasteiger partial charge is 0.461 e. The van der Waals surface area contributed by atoms with Crippen LogP contribution in [-0.2, 0) is 9.53 Å². The van der Waals surface area contributed by atoms with Crippen LogP contribution in [0.2, 0.25) is 0 Å². The van der Waals surface area contributed by atoms with Crippen LogP contribution in [-0.4, -0.2) is 28.5 Å². The molecule has 0 saturated heterocycles. The molecule has 2 N–H and O–H groups in total. The van der Waals surface area contributed by atoms with Gasteiger partial charge in [0.2, 0.25) is 0 Å². The highest BCUT2D eigenvalue weighted by Gasteiger charge is 2.19. The van der Waals surface area contributed by atoms with E-state index in [2.05, 4.69) is 10.1 Å². The van der Waals surface area contributed by atoms with E-state index in [1.54, 1.807) is 13.1 Å². The van der Waals surface area contributed by atoms with Crippen LogP contribution in [0.25, 0.3) is 10.9 Å². The number of ether oxygens (including phenoxy) is 1. The molecule has 5 nitrogen and oxygen atoms in total. The molecule has 0 radical (unpaired) electrons. The van der Waals surface area contributed by atoms with Crippen molar-refractivity contribution in [3.63, 3.8) is 0 Å². The van der Waals surface area contributed by atoms with Gasteiger partial charge in [-0.25, -0.2) is 4.79 Å². The number of oxime groups is 1. The average Bonchev–Trinajstić information content (AvgIpc) is 2.75. The lowest BCUT2D eigenvalue weighted by atomic mass is 10.1. The van der Waals surface area contributed by atoms with Crippen LogP contribution in [0, 0.1) is 0 Å². The number of para-hydroxylation sites is 1. The number of nitrogens with zero attached hydrogens (tertiary/aromatic N) is 1. The summed E-state index contributed by atoms with van der Waals surface area (Å²) in [5, 5.41) is 12.8. The van der Waals surface area contributed by atoms with Crippen molar-refractivity contribution in [3.05, 3.63) is 36.0 Å². The molecule has 5 heteroatoms. The summed E-state index contributed by atoms with van der Waals surface area (Å²) < 4.78 is 4.82. The molecule has 1 aromatic heterocycles. The van der Waals surface area contributed by atoms with Gasteiger partial charge in [0.05, 0.1) is 6.61 Å². The molecule has 2 aromatic rings. The Morgan fingerprint density at radius 3 is 2.94 bits per heavy atom. The predicted octanol–water partition coefficient (Wildman–Crippen LogP) is 1.91. The first kappa shape index (κ1) is 11.2. The Labute approximate surface area is 97.7 Å². The summed E-state index contributed by atoms with van der Waals surface area (Å²) in [6.07, 6.45) is 1.62. The molecule has 2 rings (SSSR count). The molecule has 0 aliphatic heterocycles. The van der Waals surface area contributed by atoms with Gasteiger partial charge in [-0.05, 0) is 13.0 Å². The van der Waals surface area contributed by atoms with Gasteiger partial charge >= 0.3 is 5.97 Å². The summed E-state index contributed by atoms with van der Waals surface area (Å²) in [7, 11) is 0. The number of rotatable bonds is 3. The molecule has 1 heterocycles. The van der Waals surface area contributed by atoms with Gasteiger partial charge < -0.3 is 14.9 Å². The Hall–Kier alpha value is -2.30. The number of H-pyrrole nitrogens is 1. The normalized spacial score (nSPS) is 11.7. The van der Waals surface area contributed by atoms with Crippen LogP contribution in [0.3, 0.4) is 0 Å². The first-order valence-corrected chi connectivity index (χ1v) is 5.23. The second-order valence-electron chi connectivity index (χ2n) is 3.42. The Kier molecular flexibility index (Phi) is 3.09. The van der Waals surface area contributed by atoms with E-state index in [0.717, 1.165) is 10.9 Å². The third-order valence-electron chi connectivity index (χ3n) is 2.41. The van der Waals surface area contributed by atoms with Crippen LogP contribution in [0.1, 0.15) is 12.5 Å². The van der Waals surface area contributed by atoms with Gasteiger partial charge in [0.15, 0.2) is 5.71 Å². The standard InChI is InChI=1S/C12H12N2O3/c1-2-17-12(15)11(14-16)9-7-13-10-6-4-3-5-8(9)10/h3-7,13,16H,2H2,1H3/b14-11-. The second-order valence-corrected chi connectivity index (χ2v) is 3.42. The Morgan fingerprint density at radius 2 is 2.24 bits per heavy atom. The van der Waals surface area contributed by atoms with Gasteiger partial charge in [-0.3, -0.25) is 0 Å². The molecule has 0 atom stereocenters. The first-order chi connectivity index (χ1) is 8.27. The van der Waals surface area contributed by atoms with Crippen molar-refractivity contribution in [3.8, 4) is 0 Å². The third-order valence-corrected chi connectivity index (χ3v) is 2.41. The van der Waals surface area contributed by atoms with Crippen LogP contribution >= 0.6 is 0 Å². The Balaban J connectivity index is 2.48. The average molecular weight is 232 g/mol. The number of nitrogens with one attached hydrogen (secondary N) is 1. The maximum absolute atomic E-state index is 11.6. The van der Waals surface area contributed by atoms with E-state index in [1.807, 2.05) is 24.3 Å². The second kappa shape index (κ2) is 4.69. The zero-order valence-electron chi connectivity index (χ0n) is 9.30. The lowest BCUT2D eigenvalue weighted by Gasteiger charge is -2.02. The summed E-state index contributed by atoms with van der Waals surface area (Å²) >= 11 is 0. The number of carbonyl (C=O) groups is 1. The predicted molar refractivity (Wildman–Crippen MR) is 63.3 cm³/mol. The van der Waals surface area contributed by atoms with Crippen molar-refractivity contribution in [2.45, 2.75) is 6.92 Å². The SMILES string of the molecule is CCOC(=O)/C(=N\O)c1c[nH]c2ccccc12. The Morgan fingerprint density at radius 1 is 1.47 bits per heavy atom. The quantitative estimate of drug-likeness (QED) is 0.367. The molecule has 0 spiro atoms. The fourth-order valence-electron chi connectivity index (χ4n) is 1.67. The van der Waals surface area contributed by atoms with Gasteiger partial charge in [0.1, 0.15) is 0 Å². The molecule has 0 amide bonds. The van der Waals surface area contributed by atoms with E-state index in [-0.39, 0.29) is 12.3 Å². The lowest BCUT2D eigenvalue weighted by molar-refractivity contribution is -0.135. The molecular formula is C12H12N2O3. The minimum absolute atomic E-state index is 0.0932. The van der Waals surface area contributed by atoms with Crippen molar-refractivity contribution in [2.75, 3.05) is 6.61 Å². The molecule has 0 saturated carbocycles. The molecule has 88 valence electrons. The van der Waals surface area contributed by atoms with E-state index < -0.39 is 5.97 Å². The minimum atomic E-state index is -0.639. The molecule has 0 bridgehead atoms. The monoisotopic (exact) mass is 232 g/mol. The van der Waals surface area contributed by atoms with E-state index in [4.69, 9.17) is 9.94 Å². The number of carbonyl (C=O) groups excluding carboxylic acids is 1. The van der Waals surface area contributed by atoms with Gasteiger partial charge in [-0.15, -0.1) is 0 Å². The molecular weight excluding hydrogens is 220 g/mol. The first-order valence-electron chi connectivity index (χ1n) is 5.23. The zero-order chi connectivity index (χ0) is 12.3. The fraction of sp³-hybridized carbons (Fsp3) is 0.167. The van der Waals surface area contributed by atoms with Gasteiger partial charge in [0, 0.05) is 22.7 Å². The van der Waals surface area contributed by atoms with Crippen LogP contribution in [0.15, 0.2) is 35.6 Å². The summed E-state index contributed by atoms with van der Waals surface area (Å²) in [4.78, 5) is 14.6. The highest BCUT2D eigenvalue weighted by atomic mass is 16.5. The highest BCUT2D eigenvalue weighted by Crippen LogP contribution is 2.18. The lowest BCUT2D eigenvalue weighted by Crippen LogP contribution is -2.18. The topological polar surface area (TPSA) is 74.7 Å². The number of aromatic amines is 1. The minimum Gasteiger partial charge on any atom is -0.461 e. The molecule has 17 heavy (non-hydrogen) atoms. The number of aromatic nitrogens is 1.